The van der Waals surface area contributed by atoms with Crippen LogP contribution in [-0.2, 0) is 16.2 Å². The van der Waals surface area contributed by atoms with Gasteiger partial charge >= 0.3 is 0 Å². The standard InChI is InChI=1S/C29H32N4O2S/c1-18-22(6-5-7-24(18)33-28(34)20-8-10-21(11-9-20)29(2,3)4)26-23-16-25(32-27(23)31-17-30-26)19-12-14-36(35)15-13-19/h5-6,8-12,16-17,24H,7,13-15H2,1-4H3,(H,33,34)(H,30,31,32). The molecule has 3 heterocycles. The fourth-order valence-corrected chi connectivity index (χ4v) is 5.79. The Morgan fingerprint density at radius 3 is 2.64 bits per heavy atom. The normalized spacial score (nSPS) is 20.5. The van der Waals surface area contributed by atoms with Crippen molar-refractivity contribution in [3.8, 4) is 0 Å². The van der Waals surface area contributed by atoms with Crippen LogP contribution in [0.5, 0.6) is 0 Å². The molecule has 2 aliphatic rings. The van der Waals surface area contributed by atoms with Crippen LogP contribution in [0, 0.1) is 0 Å². The SMILES string of the molecule is CC1=C(c2ncnc3[nH]c(C4=CCS(=O)CC4)cc23)C=CCC1NC(=O)c1ccc(C(C)(C)C)cc1. The molecule has 2 unspecified atom stereocenters. The molecule has 36 heavy (non-hydrogen) atoms. The first kappa shape index (κ1) is 24.4. The summed E-state index contributed by atoms with van der Waals surface area (Å²) >= 11 is 0. The average Bonchev–Trinajstić information content (AvgIpc) is 3.30. The highest BCUT2D eigenvalue weighted by molar-refractivity contribution is 7.85. The molecule has 2 aromatic heterocycles. The van der Waals surface area contributed by atoms with Gasteiger partial charge in [0.1, 0.15) is 12.0 Å². The van der Waals surface area contributed by atoms with Gasteiger partial charge in [-0.15, -0.1) is 0 Å². The summed E-state index contributed by atoms with van der Waals surface area (Å²) in [4.78, 5) is 25.6. The first-order valence-corrected chi connectivity index (χ1v) is 13.9. The fraction of sp³-hybridized carbons (Fsp3) is 0.345. The number of fused-ring (bicyclic) bond motifs is 1. The van der Waals surface area contributed by atoms with Crippen LogP contribution in [0.4, 0.5) is 0 Å². The summed E-state index contributed by atoms with van der Waals surface area (Å²) in [7, 11) is -0.763. The molecule has 0 saturated carbocycles. The summed E-state index contributed by atoms with van der Waals surface area (Å²) in [6.07, 6.45) is 9.34. The molecule has 1 aliphatic carbocycles. The largest absolute Gasteiger partial charge is 0.345 e. The molecule has 6 nitrogen and oxygen atoms in total. The van der Waals surface area contributed by atoms with Crippen molar-refractivity contribution in [2.45, 2.75) is 52.0 Å². The summed E-state index contributed by atoms with van der Waals surface area (Å²) in [6, 6.07) is 9.85. The van der Waals surface area contributed by atoms with E-state index in [4.69, 9.17) is 0 Å². The molecular weight excluding hydrogens is 468 g/mol. The van der Waals surface area contributed by atoms with Crippen LogP contribution in [0.3, 0.4) is 0 Å². The van der Waals surface area contributed by atoms with Crippen molar-refractivity contribution in [2.24, 2.45) is 0 Å². The van der Waals surface area contributed by atoms with Gasteiger partial charge in [-0.1, -0.05) is 51.1 Å². The molecule has 7 heteroatoms. The zero-order valence-electron chi connectivity index (χ0n) is 21.2. The third-order valence-corrected chi connectivity index (χ3v) is 8.26. The van der Waals surface area contributed by atoms with Crippen molar-refractivity contribution in [3.05, 3.63) is 83.0 Å². The van der Waals surface area contributed by atoms with Gasteiger partial charge in [0.25, 0.3) is 5.91 Å². The van der Waals surface area contributed by atoms with Crippen LogP contribution >= 0.6 is 0 Å². The molecule has 0 radical (unpaired) electrons. The monoisotopic (exact) mass is 500 g/mol. The van der Waals surface area contributed by atoms with Crippen LogP contribution in [-0.4, -0.2) is 42.6 Å². The van der Waals surface area contributed by atoms with Crippen molar-refractivity contribution in [1.29, 1.82) is 0 Å². The molecule has 186 valence electrons. The van der Waals surface area contributed by atoms with Gasteiger partial charge in [-0.05, 0) is 60.1 Å². The van der Waals surface area contributed by atoms with Crippen LogP contribution in [0.2, 0.25) is 0 Å². The summed E-state index contributed by atoms with van der Waals surface area (Å²) in [6.45, 7) is 8.56. The highest BCUT2D eigenvalue weighted by Crippen LogP contribution is 2.33. The summed E-state index contributed by atoms with van der Waals surface area (Å²) in [5, 5.41) is 4.16. The Hall–Kier alpha value is -3.32. The number of hydrogen-bond donors (Lipinski definition) is 2. The molecule has 0 saturated heterocycles. The lowest BCUT2D eigenvalue weighted by Crippen LogP contribution is -2.36. The van der Waals surface area contributed by atoms with Crippen LogP contribution in [0.15, 0.2) is 60.5 Å². The molecule has 1 aromatic carbocycles. The van der Waals surface area contributed by atoms with Gasteiger partial charge < -0.3 is 10.3 Å². The molecule has 0 fully saturated rings. The van der Waals surface area contributed by atoms with Crippen LogP contribution in [0.1, 0.15) is 67.8 Å². The van der Waals surface area contributed by atoms with E-state index < -0.39 is 10.8 Å². The third-order valence-electron chi connectivity index (χ3n) is 7.06. The predicted octanol–water partition coefficient (Wildman–Crippen LogP) is 5.32. The molecular formula is C29H32N4O2S. The number of rotatable bonds is 4. The van der Waals surface area contributed by atoms with Gasteiger partial charge in [-0.25, -0.2) is 9.97 Å². The number of aromatic nitrogens is 3. The maximum atomic E-state index is 13.1. The lowest BCUT2D eigenvalue weighted by Gasteiger charge is -2.24. The number of hydrogen-bond acceptors (Lipinski definition) is 4. The number of H-pyrrole nitrogens is 1. The lowest BCUT2D eigenvalue weighted by atomic mass is 9.86. The van der Waals surface area contributed by atoms with E-state index >= 15 is 0 Å². The average molecular weight is 501 g/mol. The van der Waals surface area contributed by atoms with Crippen molar-refractivity contribution in [2.75, 3.05) is 11.5 Å². The number of nitrogens with zero attached hydrogens (tertiary/aromatic N) is 2. The summed E-state index contributed by atoms with van der Waals surface area (Å²) in [5.41, 5.74) is 7.80. The number of carbonyl (C=O) groups excluding carboxylic acids is 1. The minimum atomic E-state index is -0.763. The van der Waals surface area contributed by atoms with Gasteiger partial charge in [0.15, 0.2) is 0 Å². The highest BCUT2D eigenvalue weighted by Gasteiger charge is 2.23. The Morgan fingerprint density at radius 2 is 1.94 bits per heavy atom. The van der Waals surface area contributed by atoms with E-state index in [1.165, 1.54) is 11.1 Å². The van der Waals surface area contributed by atoms with E-state index in [0.717, 1.165) is 46.4 Å². The fourth-order valence-electron chi connectivity index (χ4n) is 4.79. The molecule has 5 rings (SSSR count). The Labute approximate surface area is 214 Å². The maximum Gasteiger partial charge on any atom is 0.251 e. The van der Waals surface area contributed by atoms with E-state index in [-0.39, 0.29) is 17.4 Å². The van der Waals surface area contributed by atoms with Crippen molar-refractivity contribution < 1.29 is 9.00 Å². The molecule has 1 aliphatic heterocycles. The number of nitrogens with one attached hydrogen (secondary N) is 2. The van der Waals surface area contributed by atoms with Gasteiger partial charge in [0, 0.05) is 44.5 Å². The molecule has 0 bridgehead atoms. The zero-order valence-corrected chi connectivity index (χ0v) is 22.0. The first-order valence-electron chi connectivity index (χ1n) is 12.4. The number of benzene rings is 1. The van der Waals surface area contributed by atoms with Crippen molar-refractivity contribution >= 4 is 38.9 Å². The topological polar surface area (TPSA) is 87.7 Å². The van der Waals surface area contributed by atoms with Gasteiger partial charge in [0.2, 0.25) is 0 Å². The number of aromatic amines is 1. The Morgan fingerprint density at radius 1 is 1.17 bits per heavy atom. The third kappa shape index (κ3) is 4.85. The van der Waals surface area contributed by atoms with E-state index in [1.807, 2.05) is 24.3 Å². The summed E-state index contributed by atoms with van der Waals surface area (Å²) in [5.74, 6) is 1.21. The van der Waals surface area contributed by atoms with E-state index in [9.17, 15) is 9.00 Å². The predicted molar refractivity (Wildman–Crippen MR) is 147 cm³/mol. The second-order valence-electron chi connectivity index (χ2n) is 10.5. The van der Waals surface area contributed by atoms with E-state index in [2.05, 4.69) is 72.3 Å². The van der Waals surface area contributed by atoms with Crippen LogP contribution in [0.25, 0.3) is 22.2 Å². The van der Waals surface area contributed by atoms with Gasteiger partial charge in [-0.2, -0.15) is 0 Å². The van der Waals surface area contributed by atoms with E-state index in [0.29, 0.717) is 17.1 Å². The number of carbonyl (C=O) groups is 1. The second-order valence-corrected chi connectivity index (χ2v) is 12.2. The van der Waals surface area contributed by atoms with Gasteiger partial charge in [-0.3, -0.25) is 9.00 Å². The lowest BCUT2D eigenvalue weighted by molar-refractivity contribution is 0.0942. The minimum Gasteiger partial charge on any atom is -0.345 e. The maximum absolute atomic E-state index is 13.1. The first-order chi connectivity index (χ1) is 17.2. The van der Waals surface area contributed by atoms with Gasteiger partial charge in [0.05, 0.1) is 11.7 Å². The van der Waals surface area contributed by atoms with Crippen molar-refractivity contribution in [1.82, 2.24) is 20.3 Å². The minimum absolute atomic E-state index is 0.0463. The Kier molecular flexibility index (Phi) is 6.51. The molecule has 0 spiro atoms. The Balaban J connectivity index is 1.42. The smallest absolute Gasteiger partial charge is 0.251 e. The molecule has 3 aromatic rings. The molecule has 1 amide bonds. The molecule has 2 N–H and O–H groups in total. The summed E-state index contributed by atoms with van der Waals surface area (Å²) < 4.78 is 11.8. The van der Waals surface area contributed by atoms with Crippen molar-refractivity contribution in [3.63, 3.8) is 0 Å². The number of allylic oxidation sites excluding steroid dienone is 3. The number of amides is 1. The van der Waals surface area contributed by atoms with E-state index in [1.54, 1.807) is 6.33 Å². The second kappa shape index (κ2) is 9.62. The quantitative estimate of drug-likeness (QED) is 0.507. The zero-order chi connectivity index (χ0) is 25.4. The molecule has 2 atom stereocenters. The Bertz CT molecular complexity index is 1440. The highest BCUT2D eigenvalue weighted by atomic mass is 32.2. The van der Waals surface area contributed by atoms with Crippen LogP contribution < -0.4 is 5.32 Å².